The molecule has 0 aromatic rings. The van der Waals surface area contributed by atoms with Crippen molar-refractivity contribution in [2.24, 2.45) is 0 Å². The second kappa shape index (κ2) is 17.2. The molecule has 0 unspecified atom stereocenters. The average Bonchev–Trinajstić information content (AvgIpc) is 0.811. The monoisotopic (exact) mass is 151 g/mol. The van der Waals surface area contributed by atoms with Gasteiger partial charge in [0.2, 0.25) is 0 Å². The Morgan fingerprint density at radius 1 is 1.14 bits per heavy atom. The molecule has 45 valence electrons. The van der Waals surface area contributed by atoms with Crippen molar-refractivity contribution in [3.63, 3.8) is 0 Å². The normalized spacial score (nSPS) is 3.43. The van der Waals surface area contributed by atoms with Crippen LogP contribution in [0.3, 0.4) is 0 Å². The van der Waals surface area contributed by atoms with Gasteiger partial charge in [-0.1, -0.05) is 0 Å². The largest absolute Gasteiger partial charge is 2.00 e. The summed E-state index contributed by atoms with van der Waals surface area (Å²) in [6.07, 6.45) is -2.33. The fraction of sp³-hybridized carbons (Fsp3) is 0. The van der Waals surface area contributed by atoms with Gasteiger partial charge in [0, 0.05) is 0 Å². The van der Waals surface area contributed by atoms with Gasteiger partial charge in [-0.25, -0.2) is 0 Å². The Kier molecular flexibility index (Phi) is 73.4. The summed E-state index contributed by atoms with van der Waals surface area (Å²) in [4.78, 5) is 8.33. The number of hydrogen-bond acceptors (Lipinski definition) is 3. The van der Waals surface area contributed by atoms with Crippen LogP contribution in [0.1, 0.15) is 0 Å². The molecule has 0 saturated carbocycles. The van der Waals surface area contributed by atoms with Crippen LogP contribution >= 0.6 is 0 Å². The zero-order chi connectivity index (χ0) is 3.58. The number of rotatable bonds is 0. The first-order valence-electron chi connectivity index (χ1n) is 0.612. The third kappa shape index (κ3) is 931. The van der Waals surface area contributed by atoms with E-state index in [0.29, 0.717) is 0 Å². The Balaban J connectivity index is -0.0000000150. The summed E-state index contributed by atoms with van der Waals surface area (Å²) in [7, 11) is 0. The molecule has 0 fully saturated rings. The Morgan fingerprint density at radius 2 is 1.14 bits per heavy atom. The maximum Gasteiger partial charge on any atom is 2.00 e. The maximum atomic E-state index is 8.33. The molecule has 0 aliphatic heterocycles. The smallest absolute Gasteiger partial charge is 0.652 e. The summed E-state index contributed by atoms with van der Waals surface area (Å²) in [6, 6.07) is 0. The summed E-state index contributed by atoms with van der Waals surface area (Å²) in [5.41, 5.74) is 0. The van der Waals surface area contributed by atoms with E-state index in [0.717, 1.165) is 0 Å². The third-order valence-electron chi connectivity index (χ3n) is 0. The minimum atomic E-state index is -2.33. The summed E-state index contributed by atoms with van der Waals surface area (Å²) in [6.45, 7) is 0. The van der Waals surface area contributed by atoms with Crippen molar-refractivity contribution < 1.29 is 43.0 Å². The topological polar surface area (TPSA) is 126 Å². The second-order valence-electron chi connectivity index (χ2n) is 0.250. The van der Waals surface area contributed by atoms with Crippen LogP contribution < -0.4 is 10.2 Å². The maximum absolute atomic E-state index is 8.33. The molecule has 0 bridgehead atoms. The molecule has 4 N–H and O–H groups in total. The zero-order valence-electron chi connectivity index (χ0n) is 3.10. The van der Waals surface area contributed by atoms with Crippen molar-refractivity contribution in [1.29, 1.82) is 0 Å². The van der Waals surface area contributed by atoms with Gasteiger partial charge in [0.1, 0.15) is 0 Å². The molecule has 0 aromatic heterocycles. The fourth-order valence-electron chi connectivity index (χ4n) is 0. The van der Waals surface area contributed by atoms with Crippen LogP contribution in [0.4, 0.5) is 4.79 Å². The van der Waals surface area contributed by atoms with Gasteiger partial charge in [-0.05, 0) is 6.16 Å². The summed E-state index contributed by atoms with van der Waals surface area (Å²) in [5.74, 6) is 0. The van der Waals surface area contributed by atoms with E-state index in [4.69, 9.17) is 15.0 Å². The van der Waals surface area contributed by atoms with E-state index in [1.165, 1.54) is 0 Å². The molecule has 0 aliphatic carbocycles. The quantitative estimate of drug-likeness (QED) is 0.326. The van der Waals surface area contributed by atoms with Crippen molar-refractivity contribution in [1.82, 2.24) is 0 Å². The SMILES string of the molecule is O.O.O=C([O-])[O-].[Mn+2]. The molecular weight excluding hydrogens is 147 g/mol. The molecule has 0 rings (SSSR count). The number of carbonyl (C=O) groups is 1. The van der Waals surface area contributed by atoms with Crippen LogP contribution in [0.15, 0.2) is 0 Å². The van der Waals surface area contributed by atoms with Gasteiger partial charge < -0.3 is 26.0 Å². The molecule has 7 heavy (non-hydrogen) atoms. The van der Waals surface area contributed by atoms with Gasteiger partial charge in [-0.3, -0.25) is 0 Å². The third-order valence-corrected chi connectivity index (χ3v) is 0. The van der Waals surface area contributed by atoms with Crippen molar-refractivity contribution in [2.45, 2.75) is 0 Å². The molecule has 0 saturated heterocycles. The molecule has 6 heteroatoms. The van der Waals surface area contributed by atoms with Gasteiger partial charge in [-0.15, -0.1) is 0 Å². The first kappa shape index (κ1) is 29.8. The van der Waals surface area contributed by atoms with Crippen LogP contribution in [0.2, 0.25) is 0 Å². The number of hydrogen-bond donors (Lipinski definition) is 0. The standard InChI is InChI=1S/CH2O3.Mn.2H2O/c2-1(3)4;;;/h(H2,2,3,4);;2*1H2/q;+2;;/p-2. The predicted octanol–water partition coefficient (Wildman–Crippen LogP) is -4.10. The first-order valence-corrected chi connectivity index (χ1v) is 0.612. The minimum Gasteiger partial charge on any atom is -0.652 e. The zero-order valence-corrected chi connectivity index (χ0v) is 4.28. The van der Waals surface area contributed by atoms with Gasteiger partial charge in [-0.2, -0.15) is 0 Å². The number of carboxylic acid groups (broad SMARTS) is 2. The molecule has 0 spiro atoms. The van der Waals surface area contributed by atoms with E-state index in [1.807, 2.05) is 0 Å². The number of carbonyl (C=O) groups excluding carboxylic acids is 1. The summed E-state index contributed by atoms with van der Waals surface area (Å²) in [5, 5.41) is 16.7. The Bertz CT molecular complexity index is 31.1. The van der Waals surface area contributed by atoms with Crippen molar-refractivity contribution in [2.75, 3.05) is 0 Å². The second-order valence-corrected chi connectivity index (χ2v) is 0.250. The van der Waals surface area contributed by atoms with Crippen molar-refractivity contribution >= 4 is 6.16 Å². The fourth-order valence-corrected chi connectivity index (χ4v) is 0. The van der Waals surface area contributed by atoms with E-state index in [-0.39, 0.29) is 28.0 Å². The van der Waals surface area contributed by atoms with E-state index in [1.54, 1.807) is 0 Å². The van der Waals surface area contributed by atoms with Crippen LogP contribution in [0.5, 0.6) is 0 Å². The van der Waals surface area contributed by atoms with Gasteiger partial charge in [0.05, 0.1) is 0 Å². The summed E-state index contributed by atoms with van der Waals surface area (Å²) >= 11 is 0. The van der Waals surface area contributed by atoms with Crippen LogP contribution in [0.25, 0.3) is 0 Å². The Morgan fingerprint density at radius 3 is 1.14 bits per heavy atom. The predicted molar refractivity (Wildman–Crippen MR) is 12.6 cm³/mol. The van der Waals surface area contributed by atoms with E-state index >= 15 is 0 Å². The van der Waals surface area contributed by atoms with E-state index in [9.17, 15) is 0 Å². The van der Waals surface area contributed by atoms with Crippen molar-refractivity contribution in [3.8, 4) is 0 Å². The van der Waals surface area contributed by atoms with E-state index in [2.05, 4.69) is 0 Å². The molecular formula is CH4MnO5. The van der Waals surface area contributed by atoms with E-state index < -0.39 is 6.16 Å². The molecule has 1 radical (unpaired) electrons. The van der Waals surface area contributed by atoms with Gasteiger partial charge >= 0.3 is 17.1 Å². The molecule has 0 amide bonds. The van der Waals surface area contributed by atoms with Crippen LogP contribution in [0, 0.1) is 0 Å². The Hall–Kier alpha value is -0.291. The first-order chi connectivity index (χ1) is 1.73. The summed E-state index contributed by atoms with van der Waals surface area (Å²) < 4.78 is 0. The van der Waals surface area contributed by atoms with Gasteiger partial charge in [0.15, 0.2) is 0 Å². The molecule has 0 aliphatic rings. The molecule has 0 aromatic carbocycles. The average molecular weight is 151 g/mol. The minimum absolute atomic E-state index is 0. The Labute approximate surface area is 50.0 Å². The van der Waals surface area contributed by atoms with Gasteiger partial charge in [0.25, 0.3) is 0 Å². The van der Waals surface area contributed by atoms with Crippen LogP contribution in [-0.4, -0.2) is 17.1 Å². The van der Waals surface area contributed by atoms with Crippen molar-refractivity contribution in [3.05, 3.63) is 0 Å². The van der Waals surface area contributed by atoms with Crippen LogP contribution in [-0.2, 0) is 17.1 Å². The molecule has 0 heterocycles. The molecule has 0 atom stereocenters. The molecule has 5 nitrogen and oxygen atoms in total.